The average Bonchev–Trinajstić information content (AvgIpc) is 2.16. The van der Waals surface area contributed by atoms with Gasteiger partial charge in [0.25, 0.3) is 6.43 Å². The first-order valence-corrected chi connectivity index (χ1v) is 4.94. The molecule has 0 aromatic carbocycles. The summed E-state index contributed by atoms with van der Waals surface area (Å²) >= 11 is 1.95. The Hall–Kier alpha value is -0.340. The highest BCUT2D eigenvalue weighted by atomic mass is 127. The first-order valence-electron chi connectivity index (χ1n) is 3.87. The SMILES string of the molecule is NCc1c(I)cnc(C(F)F)c1CO. The van der Waals surface area contributed by atoms with E-state index in [0.29, 0.717) is 9.13 Å². The lowest BCUT2D eigenvalue weighted by molar-refractivity contribution is 0.141. The van der Waals surface area contributed by atoms with E-state index < -0.39 is 13.0 Å². The van der Waals surface area contributed by atoms with Crippen molar-refractivity contribution in [3.05, 3.63) is 26.6 Å². The van der Waals surface area contributed by atoms with Crippen LogP contribution in [0.2, 0.25) is 0 Å². The molecule has 78 valence electrons. The molecule has 3 nitrogen and oxygen atoms in total. The van der Waals surface area contributed by atoms with E-state index in [-0.39, 0.29) is 17.8 Å². The van der Waals surface area contributed by atoms with E-state index in [9.17, 15) is 8.78 Å². The van der Waals surface area contributed by atoms with Crippen LogP contribution in [-0.2, 0) is 13.2 Å². The maximum absolute atomic E-state index is 12.4. The van der Waals surface area contributed by atoms with Crippen LogP contribution in [0.15, 0.2) is 6.20 Å². The van der Waals surface area contributed by atoms with Gasteiger partial charge in [0.05, 0.1) is 6.61 Å². The van der Waals surface area contributed by atoms with Crippen LogP contribution < -0.4 is 5.73 Å². The molecule has 0 aliphatic carbocycles. The molecule has 0 aliphatic heterocycles. The van der Waals surface area contributed by atoms with Gasteiger partial charge >= 0.3 is 0 Å². The molecular weight excluding hydrogens is 305 g/mol. The van der Waals surface area contributed by atoms with Crippen LogP contribution in [0.3, 0.4) is 0 Å². The lowest BCUT2D eigenvalue weighted by atomic mass is 10.1. The van der Waals surface area contributed by atoms with Crippen molar-refractivity contribution < 1.29 is 13.9 Å². The number of rotatable bonds is 3. The summed E-state index contributed by atoms with van der Waals surface area (Å²) in [5, 5.41) is 8.97. The third kappa shape index (κ3) is 2.18. The number of aliphatic hydroxyl groups is 1. The predicted molar refractivity (Wildman–Crippen MR) is 55.7 cm³/mol. The molecule has 0 bridgehead atoms. The topological polar surface area (TPSA) is 59.1 Å². The normalized spacial score (nSPS) is 11.0. The first kappa shape index (κ1) is 11.7. The summed E-state index contributed by atoms with van der Waals surface area (Å²) in [5.41, 5.74) is 5.71. The molecular formula is C8H9F2IN2O. The van der Waals surface area contributed by atoms with Crippen molar-refractivity contribution in [2.75, 3.05) is 0 Å². The van der Waals surface area contributed by atoms with E-state index in [4.69, 9.17) is 10.8 Å². The minimum atomic E-state index is -2.68. The largest absolute Gasteiger partial charge is 0.392 e. The first-order chi connectivity index (χ1) is 6.61. The zero-order valence-corrected chi connectivity index (χ0v) is 9.33. The number of aliphatic hydroxyl groups excluding tert-OH is 1. The van der Waals surface area contributed by atoms with Gasteiger partial charge in [-0.25, -0.2) is 8.78 Å². The van der Waals surface area contributed by atoms with Crippen molar-refractivity contribution >= 4 is 22.6 Å². The van der Waals surface area contributed by atoms with Crippen molar-refractivity contribution in [1.29, 1.82) is 0 Å². The summed E-state index contributed by atoms with van der Waals surface area (Å²) in [7, 11) is 0. The van der Waals surface area contributed by atoms with Crippen LogP contribution in [0.4, 0.5) is 8.78 Å². The molecule has 0 amide bonds. The molecule has 0 fully saturated rings. The maximum atomic E-state index is 12.4. The molecule has 0 atom stereocenters. The fraction of sp³-hybridized carbons (Fsp3) is 0.375. The summed E-state index contributed by atoms with van der Waals surface area (Å²) in [6.45, 7) is -0.341. The molecule has 0 spiro atoms. The van der Waals surface area contributed by atoms with E-state index in [1.54, 1.807) is 0 Å². The molecule has 14 heavy (non-hydrogen) atoms. The monoisotopic (exact) mass is 314 g/mol. The summed E-state index contributed by atoms with van der Waals surface area (Å²) < 4.78 is 25.6. The molecule has 3 N–H and O–H groups in total. The third-order valence-electron chi connectivity index (χ3n) is 1.85. The van der Waals surface area contributed by atoms with Crippen molar-refractivity contribution in [3.8, 4) is 0 Å². The van der Waals surface area contributed by atoms with Gasteiger partial charge in [-0.15, -0.1) is 0 Å². The van der Waals surface area contributed by atoms with E-state index >= 15 is 0 Å². The van der Waals surface area contributed by atoms with Crippen LogP contribution in [0.1, 0.15) is 23.2 Å². The summed E-state index contributed by atoms with van der Waals surface area (Å²) in [6, 6.07) is 0. The van der Waals surface area contributed by atoms with Crippen LogP contribution in [0, 0.1) is 3.57 Å². The van der Waals surface area contributed by atoms with Crippen LogP contribution in [0.5, 0.6) is 0 Å². The highest BCUT2D eigenvalue weighted by Crippen LogP contribution is 2.26. The quantitative estimate of drug-likeness (QED) is 0.833. The molecule has 1 aromatic heterocycles. The second kappa shape index (κ2) is 4.94. The standard InChI is InChI=1S/C8H9F2IN2O/c9-8(10)7-5(3-14)4(1-12)6(11)2-13-7/h2,8,14H,1,3,12H2. The zero-order chi connectivity index (χ0) is 10.7. The highest BCUT2D eigenvalue weighted by Gasteiger charge is 2.18. The molecule has 0 unspecified atom stereocenters. The number of alkyl halides is 2. The highest BCUT2D eigenvalue weighted by molar-refractivity contribution is 14.1. The minimum Gasteiger partial charge on any atom is -0.392 e. The number of aromatic nitrogens is 1. The molecule has 0 radical (unpaired) electrons. The van der Waals surface area contributed by atoms with Crippen molar-refractivity contribution in [3.63, 3.8) is 0 Å². The van der Waals surface area contributed by atoms with Gasteiger partial charge in [-0.05, 0) is 28.2 Å². The number of nitrogens with zero attached hydrogens (tertiary/aromatic N) is 1. The Morgan fingerprint density at radius 2 is 2.14 bits per heavy atom. The predicted octanol–water partition coefficient (Wildman–Crippen LogP) is 1.57. The Balaban J connectivity index is 3.33. The van der Waals surface area contributed by atoms with Gasteiger partial charge in [-0.2, -0.15) is 0 Å². The molecule has 6 heteroatoms. The molecule has 0 saturated heterocycles. The number of hydrogen-bond acceptors (Lipinski definition) is 3. The summed E-state index contributed by atoms with van der Waals surface area (Å²) in [4.78, 5) is 3.58. The fourth-order valence-electron chi connectivity index (χ4n) is 1.17. The van der Waals surface area contributed by atoms with Gasteiger partial charge in [0.2, 0.25) is 0 Å². The number of halogens is 3. The van der Waals surface area contributed by atoms with Crippen molar-refractivity contribution in [1.82, 2.24) is 4.98 Å². The summed E-state index contributed by atoms with van der Waals surface area (Å²) in [6.07, 6.45) is -1.34. The second-order valence-electron chi connectivity index (χ2n) is 2.61. The van der Waals surface area contributed by atoms with Gasteiger partial charge in [-0.1, -0.05) is 0 Å². The summed E-state index contributed by atoms with van der Waals surface area (Å²) in [5.74, 6) is 0. The average molecular weight is 314 g/mol. The third-order valence-corrected chi connectivity index (χ3v) is 2.78. The molecule has 0 aliphatic rings. The van der Waals surface area contributed by atoms with Crippen LogP contribution >= 0.6 is 22.6 Å². The van der Waals surface area contributed by atoms with Crippen molar-refractivity contribution in [2.45, 2.75) is 19.6 Å². The van der Waals surface area contributed by atoms with Crippen LogP contribution in [0.25, 0.3) is 0 Å². The Morgan fingerprint density at radius 1 is 1.50 bits per heavy atom. The zero-order valence-electron chi connectivity index (χ0n) is 7.17. The van der Waals surface area contributed by atoms with E-state index in [2.05, 4.69) is 4.98 Å². The Morgan fingerprint density at radius 3 is 2.57 bits per heavy atom. The smallest absolute Gasteiger partial charge is 0.280 e. The van der Waals surface area contributed by atoms with Crippen LogP contribution in [-0.4, -0.2) is 10.1 Å². The Labute approximate surface area is 93.5 Å². The van der Waals surface area contributed by atoms with Gasteiger partial charge in [0, 0.05) is 21.9 Å². The molecule has 1 aromatic rings. The number of hydrogen-bond donors (Lipinski definition) is 2. The number of pyridine rings is 1. The molecule has 1 rings (SSSR count). The van der Waals surface area contributed by atoms with E-state index in [1.165, 1.54) is 6.20 Å². The lowest BCUT2D eigenvalue weighted by Gasteiger charge is -2.11. The van der Waals surface area contributed by atoms with Gasteiger partial charge < -0.3 is 10.8 Å². The Kier molecular flexibility index (Phi) is 4.14. The van der Waals surface area contributed by atoms with Gasteiger partial charge in [0.1, 0.15) is 5.69 Å². The van der Waals surface area contributed by atoms with Gasteiger partial charge in [0.15, 0.2) is 0 Å². The maximum Gasteiger partial charge on any atom is 0.280 e. The lowest BCUT2D eigenvalue weighted by Crippen LogP contribution is -2.09. The second-order valence-corrected chi connectivity index (χ2v) is 3.77. The van der Waals surface area contributed by atoms with Crippen molar-refractivity contribution in [2.24, 2.45) is 5.73 Å². The Bertz CT molecular complexity index is 333. The number of nitrogens with two attached hydrogens (primary N) is 1. The van der Waals surface area contributed by atoms with E-state index in [1.807, 2.05) is 22.6 Å². The fourth-order valence-corrected chi connectivity index (χ4v) is 1.85. The van der Waals surface area contributed by atoms with E-state index in [0.717, 1.165) is 0 Å². The minimum absolute atomic E-state index is 0.121. The molecule has 0 saturated carbocycles. The molecule has 1 heterocycles. The van der Waals surface area contributed by atoms with Gasteiger partial charge in [-0.3, -0.25) is 4.98 Å².